The number of thiazole rings is 1. The number of piperidine rings is 2. The summed E-state index contributed by atoms with van der Waals surface area (Å²) in [4.78, 5) is 16.0. The molecule has 8 heteroatoms. The van der Waals surface area contributed by atoms with Crippen LogP contribution in [-0.4, -0.2) is 55.3 Å². The van der Waals surface area contributed by atoms with E-state index >= 15 is 0 Å². The van der Waals surface area contributed by atoms with E-state index in [1.807, 2.05) is 0 Å². The predicted octanol–water partition coefficient (Wildman–Crippen LogP) is 0.850. The number of hydrogen-bond donors (Lipinski definition) is 1. The van der Waals surface area contributed by atoms with Crippen LogP contribution < -0.4 is 4.87 Å². The van der Waals surface area contributed by atoms with Crippen LogP contribution >= 0.6 is 11.3 Å². The average molecular weight is 331 g/mol. The first-order valence-electron chi connectivity index (χ1n) is 7.29. The van der Waals surface area contributed by atoms with Gasteiger partial charge < -0.3 is 9.88 Å². The highest BCUT2D eigenvalue weighted by molar-refractivity contribution is 7.91. The van der Waals surface area contributed by atoms with Gasteiger partial charge in [-0.2, -0.15) is 4.31 Å². The van der Waals surface area contributed by atoms with E-state index in [4.69, 9.17) is 0 Å². The van der Waals surface area contributed by atoms with Crippen LogP contribution in [0, 0.1) is 12.8 Å². The molecule has 0 saturated carbocycles. The smallest absolute Gasteiger partial charge is 0.305 e. The quantitative estimate of drug-likeness (QED) is 0.872. The van der Waals surface area contributed by atoms with Crippen molar-refractivity contribution in [2.24, 2.45) is 5.92 Å². The number of nitrogens with one attached hydrogen (secondary N) is 1. The zero-order valence-electron chi connectivity index (χ0n) is 12.3. The first-order chi connectivity index (χ1) is 9.89. The Morgan fingerprint density at radius 3 is 2.71 bits per heavy atom. The lowest BCUT2D eigenvalue weighted by Gasteiger charge is -2.45. The van der Waals surface area contributed by atoms with Crippen LogP contribution in [0.25, 0.3) is 0 Å². The van der Waals surface area contributed by atoms with Gasteiger partial charge >= 0.3 is 4.87 Å². The number of aromatic amines is 1. The molecule has 2 fully saturated rings. The van der Waals surface area contributed by atoms with Gasteiger partial charge in [0.25, 0.3) is 10.0 Å². The Kier molecular flexibility index (Phi) is 3.98. The number of likely N-dealkylation sites (tertiary alicyclic amines) is 1. The third kappa shape index (κ3) is 2.69. The van der Waals surface area contributed by atoms with E-state index in [9.17, 15) is 13.2 Å². The fourth-order valence-corrected chi connectivity index (χ4v) is 6.54. The van der Waals surface area contributed by atoms with Crippen molar-refractivity contribution in [2.45, 2.75) is 36.4 Å². The second kappa shape index (κ2) is 5.49. The maximum atomic E-state index is 12.7. The SMILES string of the molecule is Cc1[nH]c(=O)sc1S(=O)(=O)N1CCC2C(CCCN2C)C1. The molecule has 0 aliphatic carbocycles. The number of hydrogen-bond acceptors (Lipinski definition) is 5. The lowest BCUT2D eigenvalue weighted by atomic mass is 9.85. The number of sulfonamides is 1. The van der Waals surface area contributed by atoms with Crippen LogP contribution in [-0.2, 0) is 10.0 Å². The lowest BCUT2D eigenvalue weighted by Crippen LogP contribution is -2.53. The van der Waals surface area contributed by atoms with Gasteiger partial charge in [0.05, 0.1) is 0 Å². The number of aromatic nitrogens is 1. The highest BCUT2D eigenvalue weighted by Crippen LogP contribution is 2.33. The summed E-state index contributed by atoms with van der Waals surface area (Å²) in [5, 5.41) is 0. The highest BCUT2D eigenvalue weighted by atomic mass is 32.2. The molecule has 6 nitrogen and oxygen atoms in total. The van der Waals surface area contributed by atoms with Crippen molar-refractivity contribution in [3.63, 3.8) is 0 Å². The van der Waals surface area contributed by atoms with Crippen molar-refractivity contribution in [1.82, 2.24) is 14.2 Å². The zero-order valence-corrected chi connectivity index (χ0v) is 14.0. The Labute approximate surface area is 128 Å². The van der Waals surface area contributed by atoms with E-state index < -0.39 is 10.0 Å². The van der Waals surface area contributed by atoms with Gasteiger partial charge in [-0.05, 0) is 45.7 Å². The molecule has 3 heterocycles. The molecule has 2 atom stereocenters. The minimum Gasteiger partial charge on any atom is -0.315 e. The number of H-pyrrole nitrogens is 1. The molecule has 3 rings (SSSR count). The summed E-state index contributed by atoms with van der Waals surface area (Å²) in [6.07, 6.45) is 3.09. The van der Waals surface area contributed by atoms with Gasteiger partial charge in [0, 0.05) is 24.8 Å². The molecule has 2 saturated heterocycles. The lowest BCUT2D eigenvalue weighted by molar-refractivity contribution is 0.0672. The molecular formula is C13H21N3O3S2. The van der Waals surface area contributed by atoms with Crippen LogP contribution in [0.2, 0.25) is 0 Å². The number of aryl methyl sites for hydroxylation is 1. The molecular weight excluding hydrogens is 310 g/mol. The molecule has 0 bridgehead atoms. The van der Waals surface area contributed by atoms with Gasteiger partial charge in [0.15, 0.2) is 4.21 Å². The average Bonchev–Trinajstić information content (AvgIpc) is 2.78. The van der Waals surface area contributed by atoms with E-state index in [2.05, 4.69) is 16.9 Å². The number of nitrogens with zero attached hydrogens (tertiary/aromatic N) is 2. The van der Waals surface area contributed by atoms with E-state index in [1.54, 1.807) is 11.2 Å². The summed E-state index contributed by atoms with van der Waals surface area (Å²) in [6.45, 7) is 3.86. The minimum atomic E-state index is -3.54. The molecule has 0 aromatic carbocycles. The van der Waals surface area contributed by atoms with Gasteiger partial charge in [0.1, 0.15) is 0 Å². The Morgan fingerprint density at radius 1 is 1.29 bits per heavy atom. The van der Waals surface area contributed by atoms with Crippen LogP contribution in [0.15, 0.2) is 9.00 Å². The Balaban J connectivity index is 1.84. The van der Waals surface area contributed by atoms with Crippen LogP contribution in [0.1, 0.15) is 25.0 Å². The maximum absolute atomic E-state index is 12.7. The number of fused-ring (bicyclic) bond motifs is 1. The van der Waals surface area contributed by atoms with Crippen molar-refractivity contribution in [3.05, 3.63) is 15.4 Å². The monoisotopic (exact) mass is 331 g/mol. The summed E-state index contributed by atoms with van der Waals surface area (Å²) in [5.41, 5.74) is 0.452. The molecule has 118 valence electrons. The van der Waals surface area contributed by atoms with Gasteiger partial charge in [-0.25, -0.2) is 8.42 Å². The van der Waals surface area contributed by atoms with Crippen molar-refractivity contribution < 1.29 is 8.42 Å². The molecule has 2 aliphatic heterocycles. The standard InChI is InChI=1S/C13H21N3O3S2/c1-9-12(20-13(17)14-9)21(18,19)16-7-5-11-10(8-16)4-3-6-15(11)2/h10-11H,3-8H2,1-2H3,(H,14,17). The topological polar surface area (TPSA) is 73.5 Å². The van der Waals surface area contributed by atoms with E-state index in [0.29, 0.717) is 30.7 Å². The Bertz CT molecular complexity index is 679. The highest BCUT2D eigenvalue weighted by Gasteiger charge is 2.39. The molecule has 21 heavy (non-hydrogen) atoms. The predicted molar refractivity (Wildman–Crippen MR) is 82.2 cm³/mol. The van der Waals surface area contributed by atoms with Crippen molar-refractivity contribution in [3.8, 4) is 0 Å². The van der Waals surface area contributed by atoms with Crippen LogP contribution in [0.3, 0.4) is 0 Å². The minimum absolute atomic E-state index is 0.176. The molecule has 0 radical (unpaired) electrons. The van der Waals surface area contributed by atoms with E-state index in [-0.39, 0.29) is 9.08 Å². The largest absolute Gasteiger partial charge is 0.315 e. The molecule has 1 N–H and O–H groups in total. The Hall–Kier alpha value is -0.700. The Morgan fingerprint density at radius 2 is 2.05 bits per heavy atom. The molecule has 1 aromatic heterocycles. The first kappa shape index (κ1) is 15.2. The number of rotatable bonds is 2. The van der Waals surface area contributed by atoms with Gasteiger partial charge in [0.2, 0.25) is 0 Å². The second-order valence-electron chi connectivity index (χ2n) is 6.03. The fourth-order valence-electron chi connectivity index (χ4n) is 3.59. The molecule has 0 amide bonds. The summed E-state index contributed by atoms with van der Waals surface area (Å²) in [7, 11) is -1.41. The molecule has 1 aromatic rings. The van der Waals surface area contributed by atoms with Crippen LogP contribution in [0.5, 0.6) is 0 Å². The zero-order chi connectivity index (χ0) is 15.2. The van der Waals surface area contributed by atoms with Gasteiger partial charge in [-0.1, -0.05) is 11.3 Å². The van der Waals surface area contributed by atoms with E-state index in [0.717, 1.165) is 37.1 Å². The van der Waals surface area contributed by atoms with Gasteiger partial charge in [-0.3, -0.25) is 4.79 Å². The summed E-state index contributed by atoms with van der Waals surface area (Å²) < 4.78 is 27.2. The third-order valence-corrected chi connectivity index (χ3v) is 8.11. The summed E-state index contributed by atoms with van der Waals surface area (Å²) in [5.74, 6) is 0.406. The summed E-state index contributed by atoms with van der Waals surface area (Å²) in [6, 6.07) is 0.497. The molecule has 0 spiro atoms. The van der Waals surface area contributed by atoms with Crippen molar-refractivity contribution >= 4 is 21.4 Å². The summed E-state index contributed by atoms with van der Waals surface area (Å²) >= 11 is 0.794. The van der Waals surface area contributed by atoms with Crippen molar-refractivity contribution in [2.75, 3.05) is 26.7 Å². The molecule has 2 aliphatic rings. The second-order valence-corrected chi connectivity index (χ2v) is 9.15. The van der Waals surface area contributed by atoms with E-state index in [1.165, 1.54) is 0 Å². The fraction of sp³-hybridized carbons (Fsp3) is 0.769. The van der Waals surface area contributed by atoms with Gasteiger partial charge in [-0.15, -0.1) is 0 Å². The van der Waals surface area contributed by atoms with Crippen LogP contribution in [0.4, 0.5) is 0 Å². The van der Waals surface area contributed by atoms with Crippen molar-refractivity contribution in [1.29, 1.82) is 0 Å². The first-order valence-corrected chi connectivity index (χ1v) is 9.55. The third-order valence-electron chi connectivity index (χ3n) is 4.66. The maximum Gasteiger partial charge on any atom is 0.305 e. The molecule has 2 unspecified atom stereocenters. The normalized spacial score (nSPS) is 28.5.